The number of benzene rings is 1. The van der Waals surface area contributed by atoms with Crippen LogP contribution in [0, 0.1) is 0 Å². The summed E-state index contributed by atoms with van der Waals surface area (Å²) in [6, 6.07) is 9.20. The van der Waals surface area contributed by atoms with Crippen LogP contribution in [0.15, 0.2) is 30.3 Å². The fourth-order valence-corrected chi connectivity index (χ4v) is 2.62. The largest absolute Gasteiger partial charge is 0.383 e. The molecular formula is C16H22N2O3. The van der Waals surface area contributed by atoms with Crippen molar-refractivity contribution in [2.45, 2.75) is 31.8 Å². The lowest BCUT2D eigenvalue weighted by Crippen LogP contribution is -2.49. The number of ether oxygens (including phenoxy) is 1. The normalized spacial score (nSPS) is 20.9. The number of hydrogen-bond donors (Lipinski definition) is 1. The van der Waals surface area contributed by atoms with Crippen molar-refractivity contribution in [3.8, 4) is 0 Å². The monoisotopic (exact) mass is 290 g/mol. The van der Waals surface area contributed by atoms with Crippen LogP contribution in [0.2, 0.25) is 0 Å². The molecular weight excluding hydrogens is 268 g/mol. The molecule has 0 radical (unpaired) electrons. The van der Waals surface area contributed by atoms with E-state index < -0.39 is 6.04 Å². The Morgan fingerprint density at radius 2 is 2.05 bits per heavy atom. The standard InChI is InChI=1S/C16H22N2O3/c1-12(11-21-2)18-9-8-15(19)17-14(16(18)20)10-13-6-4-3-5-7-13/h3-7,12,14H,8-11H2,1-2H3,(H,17,19). The van der Waals surface area contributed by atoms with E-state index >= 15 is 0 Å². The minimum atomic E-state index is -0.498. The quantitative estimate of drug-likeness (QED) is 0.879. The summed E-state index contributed by atoms with van der Waals surface area (Å²) in [6.45, 7) is 2.86. The molecule has 1 fully saturated rings. The van der Waals surface area contributed by atoms with Crippen LogP contribution in [-0.2, 0) is 20.7 Å². The van der Waals surface area contributed by atoms with Crippen molar-refractivity contribution in [2.24, 2.45) is 0 Å². The van der Waals surface area contributed by atoms with E-state index in [2.05, 4.69) is 5.32 Å². The van der Waals surface area contributed by atoms with Crippen molar-refractivity contribution < 1.29 is 14.3 Å². The minimum Gasteiger partial charge on any atom is -0.383 e. The molecule has 114 valence electrons. The second-order valence-electron chi connectivity index (χ2n) is 5.40. The summed E-state index contributed by atoms with van der Waals surface area (Å²) in [5.74, 6) is -0.106. The lowest BCUT2D eigenvalue weighted by Gasteiger charge is -2.29. The van der Waals surface area contributed by atoms with Crippen molar-refractivity contribution in [1.29, 1.82) is 0 Å². The molecule has 0 aliphatic carbocycles. The maximum atomic E-state index is 12.7. The number of nitrogens with one attached hydrogen (secondary N) is 1. The van der Waals surface area contributed by atoms with Crippen molar-refractivity contribution in [3.05, 3.63) is 35.9 Å². The van der Waals surface area contributed by atoms with Gasteiger partial charge in [0, 0.05) is 26.5 Å². The molecule has 5 heteroatoms. The maximum Gasteiger partial charge on any atom is 0.245 e. The molecule has 1 N–H and O–H groups in total. The molecule has 1 aliphatic rings. The second kappa shape index (κ2) is 7.22. The molecule has 0 aromatic heterocycles. The maximum absolute atomic E-state index is 12.7. The van der Waals surface area contributed by atoms with E-state index in [0.717, 1.165) is 5.56 Å². The molecule has 0 bridgehead atoms. The van der Waals surface area contributed by atoms with Gasteiger partial charge in [0.15, 0.2) is 0 Å². The molecule has 2 unspecified atom stereocenters. The van der Waals surface area contributed by atoms with Gasteiger partial charge in [0.05, 0.1) is 12.6 Å². The Bertz CT molecular complexity index is 490. The molecule has 5 nitrogen and oxygen atoms in total. The summed E-state index contributed by atoms with van der Waals surface area (Å²) in [6.07, 6.45) is 0.854. The summed E-state index contributed by atoms with van der Waals surface area (Å²) in [5, 5.41) is 2.83. The van der Waals surface area contributed by atoms with Crippen LogP contribution < -0.4 is 5.32 Å². The highest BCUT2D eigenvalue weighted by molar-refractivity contribution is 5.90. The van der Waals surface area contributed by atoms with Crippen molar-refractivity contribution in [1.82, 2.24) is 10.2 Å². The van der Waals surface area contributed by atoms with Crippen LogP contribution in [0.25, 0.3) is 0 Å². The van der Waals surface area contributed by atoms with Crippen molar-refractivity contribution in [3.63, 3.8) is 0 Å². The SMILES string of the molecule is COCC(C)N1CCC(=O)NC(Cc2ccccc2)C1=O. The van der Waals surface area contributed by atoms with Gasteiger partial charge in [0.1, 0.15) is 6.04 Å². The topological polar surface area (TPSA) is 58.6 Å². The molecule has 1 heterocycles. The predicted octanol–water partition coefficient (Wildman–Crippen LogP) is 0.981. The molecule has 2 atom stereocenters. The molecule has 1 aliphatic heterocycles. The molecule has 2 amide bonds. The Balaban J connectivity index is 2.14. The van der Waals surface area contributed by atoms with Gasteiger partial charge in [-0.05, 0) is 12.5 Å². The first kappa shape index (κ1) is 15.5. The van der Waals surface area contributed by atoms with Crippen molar-refractivity contribution >= 4 is 11.8 Å². The fraction of sp³-hybridized carbons (Fsp3) is 0.500. The molecule has 1 aromatic rings. The van der Waals surface area contributed by atoms with Crippen LogP contribution >= 0.6 is 0 Å². The number of rotatable bonds is 5. The van der Waals surface area contributed by atoms with E-state index in [9.17, 15) is 9.59 Å². The Labute approximate surface area is 125 Å². The predicted molar refractivity (Wildman–Crippen MR) is 79.7 cm³/mol. The van der Waals surface area contributed by atoms with Crippen LogP contribution in [-0.4, -0.2) is 49.1 Å². The molecule has 1 aromatic carbocycles. The highest BCUT2D eigenvalue weighted by Gasteiger charge is 2.32. The van der Waals surface area contributed by atoms with Crippen LogP contribution in [0.4, 0.5) is 0 Å². The summed E-state index contributed by atoms with van der Waals surface area (Å²) in [4.78, 5) is 26.2. The summed E-state index contributed by atoms with van der Waals surface area (Å²) >= 11 is 0. The highest BCUT2D eigenvalue weighted by atomic mass is 16.5. The first-order valence-electron chi connectivity index (χ1n) is 7.24. The number of carbonyl (C=O) groups is 2. The summed E-state index contributed by atoms with van der Waals surface area (Å²) < 4.78 is 5.13. The molecule has 0 saturated carbocycles. The van der Waals surface area contributed by atoms with Gasteiger partial charge in [-0.1, -0.05) is 30.3 Å². The third kappa shape index (κ3) is 4.04. The summed E-state index contributed by atoms with van der Waals surface area (Å²) in [5.41, 5.74) is 1.04. The van der Waals surface area contributed by atoms with Gasteiger partial charge in [-0.15, -0.1) is 0 Å². The van der Waals surface area contributed by atoms with E-state index in [1.165, 1.54) is 0 Å². The van der Waals surface area contributed by atoms with E-state index in [4.69, 9.17) is 4.74 Å². The zero-order chi connectivity index (χ0) is 15.2. The van der Waals surface area contributed by atoms with E-state index in [1.807, 2.05) is 37.3 Å². The molecule has 0 spiro atoms. The van der Waals surface area contributed by atoms with Gasteiger partial charge in [0.2, 0.25) is 11.8 Å². The van der Waals surface area contributed by atoms with E-state index in [0.29, 0.717) is 26.0 Å². The minimum absolute atomic E-state index is 0.0331. The van der Waals surface area contributed by atoms with E-state index in [1.54, 1.807) is 12.0 Å². The van der Waals surface area contributed by atoms with Gasteiger partial charge >= 0.3 is 0 Å². The second-order valence-corrected chi connectivity index (χ2v) is 5.40. The Morgan fingerprint density at radius 1 is 1.33 bits per heavy atom. The zero-order valence-corrected chi connectivity index (χ0v) is 12.5. The first-order chi connectivity index (χ1) is 10.1. The highest BCUT2D eigenvalue weighted by Crippen LogP contribution is 2.12. The number of methoxy groups -OCH3 is 1. The third-order valence-corrected chi connectivity index (χ3v) is 3.72. The molecule has 21 heavy (non-hydrogen) atoms. The fourth-order valence-electron chi connectivity index (χ4n) is 2.62. The first-order valence-corrected chi connectivity index (χ1v) is 7.24. The lowest BCUT2D eigenvalue weighted by atomic mass is 10.0. The number of amides is 2. The smallest absolute Gasteiger partial charge is 0.245 e. The van der Waals surface area contributed by atoms with Gasteiger partial charge in [-0.2, -0.15) is 0 Å². The van der Waals surface area contributed by atoms with Crippen molar-refractivity contribution in [2.75, 3.05) is 20.3 Å². The van der Waals surface area contributed by atoms with Gasteiger partial charge in [0.25, 0.3) is 0 Å². The summed E-state index contributed by atoms with van der Waals surface area (Å²) in [7, 11) is 1.61. The molecule has 2 rings (SSSR count). The number of hydrogen-bond acceptors (Lipinski definition) is 3. The number of nitrogens with zero attached hydrogens (tertiary/aromatic N) is 1. The average molecular weight is 290 g/mol. The Morgan fingerprint density at radius 3 is 2.71 bits per heavy atom. The Kier molecular flexibility index (Phi) is 5.33. The van der Waals surface area contributed by atoms with Crippen LogP contribution in [0.3, 0.4) is 0 Å². The lowest BCUT2D eigenvalue weighted by molar-refractivity contribution is -0.136. The van der Waals surface area contributed by atoms with Gasteiger partial charge in [-0.3, -0.25) is 9.59 Å². The van der Waals surface area contributed by atoms with E-state index in [-0.39, 0.29) is 17.9 Å². The van der Waals surface area contributed by atoms with Gasteiger partial charge < -0.3 is 15.0 Å². The van der Waals surface area contributed by atoms with Crippen LogP contribution in [0.5, 0.6) is 0 Å². The van der Waals surface area contributed by atoms with Gasteiger partial charge in [-0.25, -0.2) is 0 Å². The molecule has 1 saturated heterocycles. The Hall–Kier alpha value is -1.88. The zero-order valence-electron chi connectivity index (χ0n) is 12.5. The van der Waals surface area contributed by atoms with Crippen LogP contribution in [0.1, 0.15) is 18.9 Å². The third-order valence-electron chi connectivity index (χ3n) is 3.72. The number of carbonyl (C=O) groups excluding carboxylic acids is 2. The average Bonchev–Trinajstić information content (AvgIpc) is 2.60.